The lowest BCUT2D eigenvalue weighted by Gasteiger charge is -2.23. The number of aliphatic hydroxyl groups is 2. The van der Waals surface area contributed by atoms with E-state index in [2.05, 4.69) is 11.1 Å². The van der Waals surface area contributed by atoms with E-state index in [0.717, 1.165) is 52.2 Å². The zero-order valence-corrected chi connectivity index (χ0v) is 26.2. The largest absolute Gasteiger partial charge is 0.504 e. The fourth-order valence-electron chi connectivity index (χ4n) is 6.71. The third-order valence-electron chi connectivity index (χ3n) is 9.30. The second kappa shape index (κ2) is 15.8. The third-order valence-corrected chi connectivity index (χ3v) is 9.30. The standard InChI is InChI=1S/C36H48N4O5/c37-36(38)27-8-4-7-26(15-27)16-28-20-39-33-22-40(21-32(28)33)23-45-35-17-25(11-14-34(35)44)10-13-30(42)19-31(43)18-29(41)12-9-24-5-2-1-3-6-24/h4,7-8,11,14-15,17,20,22,24,29,31,36,41,43-44H,1-3,5-6,9-10,12-13,16,18-19,21,23,37-38H2/p+1/t29-,31-/m1/s1. The molecule has 0 amide bonds. The number of aryl methyl sites for hydroxylation is 1. The number of nitrogens with one attached hydrogen (secondary N) is 1. The van der Waals surface area contributed by atoms with Crippen LogP contribution in [0, 0.1) is 5.92 Å². The van der Waals surface area contributed by atoms with Crippen LogP contribution in [0.1, 0.15) is 87.1 Å². The number of nitrogens with two attached hydrogens (primary N) is 2. The Balaban J connectivity index is 1.06. The number of nitrogens with zero attached hydrogens (tertiary/aromatic N) is 1. The van der Waals surface area contributed by atoms with Crippen LogP contribution < -0.4 is 21.1 Å². The van der Waals surface area contributed by atoms with Crippen molar-refractivity contribution >= 4 is 12.0 Å². The van der Waals surface area contributed by atoms with E-state index < -0.39 is 18.4 Å². The van der Waals surface area contributed by atoms with Gasteiger partial charge in [-0.25, -0.2) is 0 Å². The number of hydrogen-bond acceptors (Lipinski definition) is 8. The number of aliphatic hydroxyl groups excluding tert-OH is 2. The summed E-state index contributed by atoms with van der Waals surface area (Å²) >= 11 is 0. The number of aromatic hydroxyl groups is 1. The molecule has 0 saturated heterocycles. The molecular formula is C36H49N4O5+. The number of Topliss-reactive ketones (excluding diaryl/α,β-unsaturated/α-hetero) is 1. The Hall–Kier alpha value is -3.34. The fourth-order valence-corrected chi connectivity index (χ4v) is 6.71. The van der Waals surface area contributed by atoms with Crippen molar-refractivity contribution in [3.05, 3.63) is 82.2 Å². The fraction of sp³-hybridized carbons (Fsp3) is 0.500. The Bertz CT molecular complexity index is 1410. The Morgan fingerprint density at radius 2 is 1.87 bits per heavy atom. The molecule has 2 aromatic rings. The van der Waals surface area contributed by atoms with E-state index in [0.29, 0.717) is 31.2 Å². The van der Waals surface area contributed by atoms with Gasteiger partial charge < -0.3 is 31.5 Å². The first-order valence-corrected chi connectivity index (χ1v) is 16.5. The molecule has 9 heteroatoms. The summed E-state index contributed by atoms with van der Waals surface area (Å²) in [6.07, 6.45) is 11.9. The van der Waals surface area contributed by atoms with Crippen LogP contribution in [0.3, 0.4) is 0 Å². The summed E-state index contributed by atoms with van der Waals surface area (Å²) in [6.45, 7) is 1.05. The van der Waals surface area contributed by atoms with E-state index >= 15 is 0 Å². The van der Waals surface area contributed by atoms with Crippen LogP contribution >= 0.6 is 0 Å². The minimum absolute atomic E-state index is 0.0422. The van der Waals surface area contributed by atoms with Gasteiger partial charge in [0.05, 0.1) is 18.4 Å². The molecule has 3 aliphatic rings. The Morgan fingerprint density at radius 3 is 2.67 bits per heavy atom. The number of carbonyl (C=O) groups excluding carboxylic acids is 1. The number of ether oxygens (including phenoxy) is 1. The number of phenols is 1. The Morgan fingerprint density at radius 1 is 1.04 bits per heavy atom. The van der Waals surface area contributed by atoms with E-state index in [1.54, 1.807) is 18.2 Å². The topological polar surface area (TPSA) is 156 Å². The predicted octanol–water partition coefficient (Wildman–Crippen LogP) is 3.37. The average molecular weight is 618 g/mol. The quantitative estimate of drug-likeness (QED) is 0.158. The van der Waals surface area contributed by atoms with Crippen LogP contribution in [0.25, 0.3) is 0 Å². The average Bonchev–Trinajstić information content (AvgIpc) is 3.60. The van der Waals surface area contributed by atoms with Gasteiger partial charge in [-0.05, 0) is 72.4 Å². The number of rotatable bonds is 16. The first-order chi connectivity index (χ1) is 21.7. The van der Waals surface area contributed by atoms with Crippen molar-refractivity contribution in [2.24, 2.45) is 22.4 Å². The van der Waals surface area contributed by atoms with Gasteiger partial charge in [0.15, 0.2) is 11.5 Å². The number of ketones is 1. The monoisotopic (exact) mass is 617 g/mol. The number of benzene rings is 2. The molecule has 0 aromatic heterocycles. The maximum absolute atomic E-state index is 12.6. The van der Waals surface area contributed by atoms with Crippen molar-refractivity contribution in [3.63, 3.8) is 0 Å². The molecule has 45 heavy (non-hydrogen) atoms. The first-order valence-electron chi connectivity index (χ1n) is 16.5. The van der Waals surface area contributed by atoms with Crippen molar-refractivity contribution in [3.8, 4) is 11.5 Å². The van der Waals surface area contributed by atoms with Crippen LogP contribution in [0.5, 0.6) is 11.5 Å². The summed E-state index contributed by atoms with van der Waals surface area (Å²) < 4.78 is 6.02. The molecule has 2 heterocycles. The van der Waals surface area contributed by atoms with E-state index in [1.807, 2.05) is 30.6 Å². The van der Waals surface area contributed by atoms with Gasteiger partial charge in [0.1, 0.15) is 24.2 Å². The number of fused-ring (bicyclic) bond motifs is 1. The van der Waals surface area contributed by atoms with E-state index in [-0.39, 0.29) is 30.8 Å². The van der Waals surface area contributed by atoms with Gasteiger partial charge in [-0.2, -0.15) is 0 Å². The number of allylic oxidation sites excluding steroid dienone is 1. The first kappa shape index (κ1) is 33.0. The lowest BCUT2D eigenvalue weighted by molar-refractivity contribution is -0.855. The van der Waals surface area contributed by atoms with Crippen molar-refractivity contribution in [2.45, 2.75) is 95.4 Å². The number of hydrogen-bond donors (Lipinski definition) is 6. The third kappa shape index (κ3) is 9.58. The van der Waals surface area contributed by atoms with Crippen LogP contribution in [0.2, 0.25) is 0 Å². The van der Waals surface area contributed by atoms with Crippen molar-refractivity contribution in [2.75, 3.05) is 13.3 Å². The van der Waals surface area contributed by atoms with Crippen LogP contribution in [-0.4, -0.2) is 52.8 Å². The molecule has 1 saturated carbocycles. The van der Waals surface area contributed by atoms with Crippen LogP contribution in [0.4, 0.5) is 0 Å². The second-order valence-electron chi connectivity index (χ2n) is 13.0. The van der Waals surface area contributed by atoms with Gasteiger partial charge in [0, 0.05) is 24.6 Å². The zero-order chi connectivity index (χ0) is 31.8. The molecule has 1 unspecified atom stereocenters. The second-order valence-corrected chi connectivity index (χ2v) is 13.0. The molecule has 0 radical (unpaired) electrons. The highest BCUT2D eigenvalue weighted by atomic mass is 16.5. The summed E-state index contributed by atoms with van der Waals surface area (Å²) in [6, 6.07) is 13.1. The van der Waals surface area contributed by atoms with Gasteiger partial charge >= 0.3 is 0 Å². The molecule has 5 rings (SSSR count). The predicted molar refractivity (Wildman–Crippen MR) is 175 cm³/mol. The van der Waals surface area contributed by atoms with Crippen LogP contribution in [-0.2, 0) is 17.6 Å². The normalized spacial score (nSPS) is 19.6. The maximum Gasteiger partial charge on any atom is 0.227 e. The highest BCUT2D eigenvalue weighted by Crippen LogP contribution is 2.30. The number of aliphatic imine (C=N–C) groups is 1. The maximum atomic E-state index is 12.6. The van der Waals surface area contributed by atoms with E-state index in [9.17, 15) is 20.1 Å². The number of quaternary nitrogens is 1. The lowest BCUT2D eigenvalue weighted by Crippen LogP contribution is -3.07. The van der Waals surface area contributed by atoms with E-state index in [1.165, 1.54) is 37.7 Å². The van der Waals surface area contributed by atoms with Crippen molar-refractivity contribution < 1.29 is 29.8 Å². The minimum Gasteiger partial charge on any atom is -0.504 e. The van der Waals surface area contributed by atoms with Gasteiger partial charge in [0.25, 0.3) is 0 Å². The van der Waals surface area contributed by atoms with E-state index in [4.69, 9.17) is 16.2 Å². The molecule has 0 bridgehead atoms. The van der Waals surface area contributed by atoms with Gasteiger partial charge in [-0.15, -0.1) is 0 Å². The van der Waals surface area contributed by atoms with Crippen molar-refractivity contribution in [1.29, 1.82) is 0 Å². The molecule has 0 spiro atoms. The molecule has 2 aromatic carbocycles. The molecule has 2 aliphatic heterocycles. The van der Waals surface area contributed by atoms with Gasteiger partial charge in [-0.3, -0.25) is 14.7 Å². The molecule has 9 nitrogen and oxygen atoms in total. The Labute approximate surface area is 266 Å². The zero-order valence-electron chi connectivity index (χ0n) is 26.2. The molecular weight excluding hydrogens is 568 g/mol. The molecule has 242 valence electrons. The minimum atomic E-state index is -0.830. The molecule has 3 atom stereocenters. The molecule has 8 N–H and O–H groups in total. The summed E-state index contributed by atoms with van der Waals surface area (Å²) in [5.41, 5.74) is 17.9. The number of phenolic OH excluding ortho intramolecular Hbond substituents is 1. The lowest BCUT2D eigenvalue weighted by atomic mass is 9.85. The summed E-state index contributed by atoms with van der Waals surface area (Å²) in [7, 11) is 0. The summed E-state index contributed by atoms with van der Waals surface area (Å²) in [4.78, 5) is 18.3. The highest BCUT2D eigenvalue weighted by molar-refractivity contribution is 5.87. The molecule has 1 aliphatic carbocycles. The molecule has 1 fully saturated rings. The SMILES string of the molecule is NC(N)c1cccc(CC2=C3C[NH+](COc4cc(CCC(=O)C[C@H](O)C[C@H](O)CCC5CCCCC5)ccc4O)C=C3N=C2)c1. The van der Waals surface area contributed by atoms with Crippen molar-refractivity contribution in [1.82, 2.24) is 0 Å². The Kier molecular flexibility index (Phi) is 11.6. The smallest absolute Gasteiger partial charge is 0.227 e. The van der Waals surface area contributed by atoms with Gasteiger partial charge in [0.2, 0.25) is 6.73 Å². The highest BCUT2D eigenvalue weighted by Gasteiger charge is 2.29. The van der Waals surface area contributed by atoms with Gasteiger partial charge in [-0.1, -0.05) is 62.4 Å². The summed E-state index contributed by atoms with van der Waals surface area (Å²) in [5, 5.41) is 31.2. The summed E-state index contributed by atoms with van der Waals surface area (Å²) in [5.74, 6) is 1.07. The number of carbonyl (C=O) groups is 1. The van der Waals surface area contributed by atoms with Crippen LogP contribution in [0.15, 0.2) is 70.5 Å².